The second-order valence-electron chi connectivity index (χ2n) is 3.75. The Kier molecular flexibility index (Phi) is 4.14. The lowest BCUT2D eigenvalue weighted by molar-refractivity contribution is 0.323. The molecule has 0 rings (SSSR count). The van der Waals surface area contributed by atoms with Crippen molar-refractivity contribution in [2.45, 2.75) is 40.2 Å². The molecule has 0 aromatic rings. The van der Waals surface area contributed by atoms with Crippen LogP contribution in [0.1, 0.15) is 34.1 Å². The van der Waals surface area contributed by atoms with Gasteiger partial charge in [0, 0.05) is 6.54 Å². The van der Waals surface area contributed by atoms with E-state index in [1.165, 1.54) is 0 Å². The molecule has 0 radical (unpaired) electrons. The fraction of sp³-hybridized carbons (Fsp3) is 0.889. The summed E-state index contributed by atoms with van der Waals surface area (Å²) in [4.78, 5) is 0. The Morgan fingerprint density at radius 2 is 2.09 bits per heavy atom. The molecular weight excluding hydrogens is 136 g/mol. The van der Waals surface area contributed by atoms with E-state index in [2.05, 4.69) is 32.2 Å². The lowest BCUT2D eigenvalue weighted by Gasteiger charge is -2.23. The topological polar surface area (TPSA) is 35.8 Å². The van der Waals surface area contributed by atoms with E-state index in [1.54, 1.807) is 0 Å². The minimum Gasteiger partial charge on any atom is -0.302 e. The molecule has 0 aliphatic rings. The van der Waals surface area contributed by atoms with E-state index in [0.29, 0.717) is 5.41 Å². The zero-order valence-electron chi connectivity index (χ0n) is 7.94. The lowest BCUT2D eigenvalue weighted by atomic mass is 9.90. The first-order valence-electron chi connectivity index (χ1n) is 4.15. The molecule has 2 nitrogen and oxygen atoms in total. The average molecular weight is 154 g/mol. The van der Waals surface area contributed by atoms with Gasteiger partial charge in [-0.1, -0.05) is 20.8 Å². The molecule has 0 saturated carbocycles. The summed E-state index contributed by atoms with van der Waals surface area (Å²) in [6, 6.07) is 2.12. The molecule has 0 aromatic carbocycles. The highest BCUT2D eigenvalue weighted by molar-refractivity contribution is 4.86. The van der Waals surface area contributed by atoms with Gasteiger partial charge in [-0.3, -0.25) is 0 Å². The van der Waals surface area contributed by atoms with Gasteiger partial charge in [-0.05, 0) is 18.8 Å². The molecule has 0 amide bonds. The Balaban J connectivity index is 3.63. The molecule has 0 aromatic heterocycles. The Bertz CT molecular complexity index is 144. The Labute approximate surface area is 69.6 Å². The summed E-state index contributed by atoms with van der Waals surface area (Å²) in [6.07, 6.45) is 1.14. The van der Waals surface area contributed by atoms with E-state index in [-0.39, 0.29) is 6.04 Å². The molecule has 1 N–H and O–H groups in total. The maximum atomic E-state index is 8.49. The van der Waals surface area contributed by atoms with Crippen LogP contribution >= 0.6 is 0 Å². The monoisotopic (exact) mass is 154 g/mol. The van der Waals surface area contributed by atoms with Gasteiger partial charge in [0.15, 0.2) is 0 Å². The third-order valence-electron chi connectivity index (χ3n) is 2.04. The molecule has 0 saturated heterocycles. The second kappa shape index (κ2) is 4.35. The summed E-state index contributed by atoms with van der Waals surface area (Å²) < 4.78 is 0. The normalized spacial score (nSPS) is 14.1. The number of nitrogens with one attached hydrogen (secondary N) is 1. The van der Waals surface area contributed by atoms with Crippen molar-refractivity contribution in [1.29, 1.82) is 5.26 Å². The smallest absolute Gasteiger partial charge is 0.0924 e. The molecule has 0 heterocycles. The SMILES string of the molecule is CCC(C)(C)CNC(C)C#N. The summed E-state index contributed by atoms with van der Waals surface area (Å²) in [5.41, 5.74) is 0.311. The third kappa shape index (κ3) is 4.80. The van der Waals surface area contributed by atoms with E-state index >= 15 is 0 Å². The quantitative estimate of drug-likeness (QED) is 0.671. The highest BCUT2D eigenvalue weighted by Crippen LogP contribution is 2.17. The molecule has 64 valence electrons. The fourth-order valence-electron chi connectivity index (χ4n) is 0.600. The van der Waals surface area contributed by atoms with E-state index in [1.807, 2.05) is 6.92 Å². The number of nitrogens with zero attached hydrogens (tertiary/aromatic N) is 1. The van der Waals surface area contributed by atoms with E-state index in [9.17, 15) is 0 Å². The summed E-state index contributed by atoms with van der Waals surface area (Å²) in [6.45, 7) is 9.36. The largest absolute Gasteiger partial charge is 0.302 e. The summed E-state index contributed by atoms with van der Waals surface area (Å²) in [5, 5.41) is 11.7. The maximum absolute atomic E-state index is 8.49. The van der Waals surface area contributed by atoms with Crippen molar-refractivity contribution in [3.05, 3.63) is 0 Å². The molecule has 0 aliphatic carbocycles. The molecule has 11 heavy (non-hydrogen) atoms. The first-order chi connectivity index (χ1) is 5.02. The molecule has 0 spiro atoms. The molecule has 0 bridgehead atoms. The van der Waals surface area contributed by atoms with Crippen LogP contribution in [-0.2, 0) is 0 Å². The van der Waals surface area contributed by atoms with Crippen molar-refractivity contribution in [1.82, 2.24) is 5.32 Å². The summed E-state index contributed by atoms with van der Waals surface area (Å²) in [7, 11) is 0. The molecule has 2 heteroatoms. The zero-order chi connectivity index (χ0) is 8.91. The lowest BCUT2D eigenvalue weighted by Crippen LogP contribution is -2.34. The van der Waals surface area contributed by atoms with Crippen LogP contribution < -0.4 is 5.32 Å². The van der Waals surface area contributed by atoms with Crippen molar-refractivity contribution in [3.63, 3.8) is 0 Å². The predicted octanol–water partition coefficient (Wildman–Crippen LogP) is 1.92. The van der Waals surface area contributed by atoms with Gasteiger partial charge in [0.2, 0.25) is 0 Å². The van der Waals surface area contributed by atoms with E-state index in [0.717, 1.165) is 13.0 Å². The number of rotatable bonds is 4. The minimum absolute atomic E-state index is 0.0270. The van der Waals surface area contributed by atoms with Gasteiger partial charge in [-0.2, -0.15) is 5.26 Å². The Morgan fingerprint density at radius 1 is 1.55 bits per heavy atom. The van der Waals surface area contributed by atoms with Gasteiger partial charge < -0.3 is 5.32 Å². The minimum atomic E-state index is -0.0270. The number of hydrogen-bond donors (Lipinski definition) is 1. The molecule has 0 fully saturated rings. The molecule has 0 aliphatic heterocycles. The number of nitriles is 1. The average Bonchev–Trinajstić information content (AvgIpc) is 2.00. The van der Waals surface area contributed by atoms with Crippen LogP contribution in [-0.4, -0.2) is 12.6 Å². The Hall–Kier alpha value is -0.550. The van der Waals surface area contributed by atoms with Crippen molar-refractivity contribution in [3.8, 4) is 6.07 Å². The van der Waals surface area contributed by atoms with Gasteiger partial charge in [0.1, 0.15) is 0 Å². The van der Waals surface area contributed by atoms with Crippen molar-refractivity contribution < 1.29 is 0 Å². The fourth-order valence-corrected chi connectivity index (χ4v) is 0.600. The van der Waals surface area contributed by atoms with E-state index in [4.69, 9.17) is 5.26 Å². The summed E-state index contributed by atoms with van der Waals surface area (Å²) in [5.74, 6) is 0. The molecule has 1 atom stereocenters. The first kappa shape index (κ1) is 10.4. The van der Waals surface area contributed by atoms with Crippen molar-refractivity contribution >= 4 is 0 Å². The number of hydrogen-bond acceptors (Lipinski definition) is 2. The van der Waals surface area contributed by atoms with Gasteiger partial charge in [0.25, 0.3) is 0 Å². The standard InChI is InChI=1S/C9H18N2/c1-5-9(3,4)7-11-8(2)6-10/h8,11H,5,7H2,1-4H3. The van der Waals surface area contributed by atoms with Gasteiger partial charge in [-0.25, -0.2) is 0 Å². The van der Waals surface area contributed by atoms with Crippen LogP contribution in [0.25, 0.3) is 0 Å². The molecular formula is C9H18N2. The highest BCUT2D eigenvalue weighted by atomic mass is 14.9. The molecule has 1 unspecified atom stereocenters. The predicted molar refractivity (Wildman–Crippen MR) is 47.1 cm³/mol. The Morgan fingerprint density at radius 3 is 2.45 bits per heavy atom. The summed E-state index contributed by atoms with van der Waals surface area (Å²) >= 11 is 0. The van der Waals surface area contributed by atoms with Crippen LogP contribution in [0.4, 0.5) is 0 Å². The van der Waals surface area contributed by atoms with Gasteiger partial charge in [0.05, 0.1) is 12.1 Å². The van der Waals surface area contributed by atoms with Gasteiger partial charge >= 0.3 is 0 Å². The maximum Gasteiger partial charge on any atom is 0.0924 e. The third-order valence-corrected chi connectivity index (χ3v) is 2.04. The van der Waals surface area contributed by atoms with Gasteiger partial charge in [-0.15, -0.1) is 0 Å². The van der Waals surface area contributed by atoms with Crippen molar-refractivity contribution in [2.75, 3.05) is 6.54 Å². The van der Waals surface area contributed by atoms with E-state index < -0.39 is 0 Å². The highest BCUT2D eigenvalue weighted by Gasteiger charge is 2.15. The van der Waals surface area contributed by atoms with Crippen LogP contribution in [0.3, 0.4) is 0 Å². The van der Waals surface area contributed by atoms with Crippen LogP contribution in [0.5, 0.6) is 0 Å². The second-order valence-corrected chi connectivity index (χ2v) is 3.75. The zero-order valence-corrected chi connectivity index (χ0v) is 7.94. The van der Waals surface area contributed by atoms with Crippen LogP contribution in [0.15, 0.2) is 0 Å². The van der Waals surface area contributed by atoms with Crippen LogP contribution in [0.2, 0.25) is 0 Å². The van der Waals surface area contributed by atoms with Crippen LogP contribution in [0, 0.1) is 16.7 Å². The first-order valence-corrected chi connectivity index (χ1v) is 4.15. The van der Waals surface area contributed by atoms with Crippen molar-refractivity contribution in [2.24, 2.45) is 5.41 Å².